The summed E-state index contributed by atoms with van der Waals surface area (Å²) in [6.07, 6.45) is 4.78. The van der Waals surface area contributed by atoms with Gasteiger partial charge < -0.3 is 8.97 Å². The average Bonchev–Trinajstić information content (AvgIpc) is 3.42. The van der Waals surface area contributed by atoms with Crippen LogP contribution in [-0.2, 0) is 19.1 Å². The molecule has 0 spiro atoms. The second kappa shape index (κ2) is 8.16. The van der Waals surface area contributed by atoms with Gasteiger partial charge in [0.25, 0.3) is 0 Å². The van der Waals surface area contributed by atoms with Gasteiger partial charge in [0.15, 0.2) is 11.6 Å². The second-order valence-electron chi connectivity index (χ2n) is 7.50. The van der Waals surface area contributed by atoms with Crippen molar-refractivity contribution in [3.63, 3.8) is 0 Å². The zero-order valence-corrected chi connectivity index (χ0v) is 17.7. The van der Waals surface area contributed by atoms with Crippen molar-refractivity contribution in [2.75, 3.05) is 0 Å². The molecule has 5 aromatic rings. The monoisotopic (exact) mass is 448 g/mol. The summed E-state index contributed by atoms with van der Waals surface area (Å²) in [7, 11) is 0. The summed E-state index contributed by atoms with van der Waals surface area (Å²) in [6, 6.07) is 10.8. The van der Waals surface area contributed by atoms with E-state index in [0.717, 1.165) is 17.5 Å². The van der Waals surface area contributed by atoms with Gasteiger partial charge in [0, 0.05) is 36.7 Å². The normalized spacial score (nSPS) is 11.9. The molecule has 4 aromatic heterocycles. The third-order valence-corrected chi connectivity index (χ3v) is 5.48. The van der Waals surface area contributed by atoms with Crippen molar-refractivity contribution < 1.29 is 13.2 Å². The fourth-order valence-electron chi connectivity index (χ4n) is 4.00. The maximum atomic E-state index is 13.5. The quantitative estimate of drug-likeness (QED) is 0.367. The molecule has 0 amide bonds. The van der Waals surface area contributed by atoms with Crippen LogP contribution in [0.5, 0.6) is 0 Å². The lowest BCUT2D eigenvalue weighted by Crippen LogP contribution is -2.07. The largest absolute Gasteiger partial charge is 0.417 e. The minimum Gasteiger partial charge on any atom is -0.322 e. The van der Waals surface area contributed by atoms with Gasteiger partial charge in [0.2, 0.25) is 0 Å². The molecule has 6 nitrogen and oxygen atoms in total. The fraction of sp³-hybridized carbons (Fsp3) is 0.167. The highest BCUT2D eigenvalue weighted by molar-refractivity contribution is 5.69. The van der Waals surface area contributed by atoms with E-state index in [9.17, 15) is 13.2 Å². The first-order valence-electron chi connectivity index (χ1n) is 10.4. The Kier molecular flexibility index (Phi) is 5.16. The summed E-state index contributed by atoms with van der Waals surface area (Å²) >= 11 is 0. The summed E-state index contributed by atoms with van der Waals surface area (Å²) < 4.78 is 44.4. The molecule has 0 N–H and O–H groups in total. The highest BCUT2D eigenvalue weighted by Gasteiger charge is 2.33. The van der Waals surface area contributed by atoms with Crippen LogP contribution >= 0.6 is 0 Å². The van der Waals surface area contributed by atoms with Gasteiger partial charge >= 0.3 is 6.18 Å². The van der Waals surface area contributed by atoms with Gasteiger partial charge in [-0.1, -0.05) is 25.1 Å². The SMILES string of the molecule is CCc1c(Cn2ccnc2-c2ncccn2)nc2ccc(-c3ccccc3C(F)(F)F)cn12. The van der Waals surface area contributed by atoms with Gasteiger partial charge in [-0.15, -0.1) is 0 Å². The predicted octanol–water partition coefficient (Wildman–Crippen LogP) is 5.28. The summed E-state index contributed by atoms with van der Waals surface area (Å²) in [6.45, 7) is 2.44. The van der Waals surface area contributed by atoms with Crippen molar-refractivity contribution in [3.8, 4) is 22.8 Å². The van der Waals surface area contributed by atoms with Crippen molar-refractivity contribution in [3.05, 3.63) is 90.4 Å². The second-order valence-corrected chi connectivity index (χ2v) is 7.50. The smallest absolute Gasteiger partial charge is 0.322 e. The molecular formula is C24H19F3N6. The standard InChI is InChI=1S/C24H19F3N6/c1-2-20-19(15-32-13-12-30-23(32)22-28-10-5-11-29-22)31-21-9-8-16(14-33(20)21)17-6-3-4-7-18(17)24(25,26)27/h3-14H,2,15H2,1H3. The van der Waals surface area contributed by atoms with Crippen LogP contribution in [0.2, 0.25) is 0 Å². The number of imidazole rings is 2. The summed E-state index contributed by atoms with van der Waals surface area (Å²) in [5.74, 6) is 1.13. The summed E-state index contributed by atoms with van der Waals surface area (Å²) in [5.41, 5.74) is 2.37. The highest BCUT2D eigenvalue weighted by Crippen LogP contribution is 2.37. The minimum atomic E-state index is -4.43. The molecule has 4 heterocycles. The van der Waals surface area contributed by atoms with Gasteiger partial charge in [-0.05, 0) is 41.8 Å². The number of fused-ring (bicyclic) bond motifs is 1. The van der Waals surface area contributed by atoms with E-state index in [-0.39, 0.29) is 5.56 Å². The number of aryl methyl sites for hydroxylation is 1. The molecule has 0 saturated heterocycles. The molecule has 33 heavy (non-hydrogen) atoms. The van der Waals surface area contributed by atoms with Crippen molar-refractivity contribution in [1.29, 1.82) is 0 Å². The number of hydrogen-bond donors (Lipinski definition) is 0. The molecule has 0 bridgehead atoms. The lowest BCUT2D eigenvalue weighted by molar-refractivity contribution is -0.137. The Morgan fingerprint density at radius 2 is 1.70 bits per heavy atom. The van der Waals surface area contributed by atoms with Crippen LogP contribution in [-0.4, -0.2) is 28.9 Å². The molecule has 0 saturated carbocycles. The Labute approximate surface area is 187 Å². The van der Waals surface area contributed by atoms with Gasteiger partial charge in [-0.2, -0.15) is 13.2 Å². The van der Waals surface area contributed by atoms with Crippen LogP contribution in [0.15, 0.2) is 73.4 Å². The lowest BCUT2D eigenvalue weighted by Gasteiger charge is -2.13. The molecule has 0 unspecified atom stereocenters. The lowest BCUT2D eigenvalue weighted by atomic mass is 10.0. The van der Waals surface area contributed by atoms with E-state index >= 15 is 0 Å². The molecule has 0 atom stereocenters. The summed E-state index contributed by atoms with van der Waals surface area (Å²) in [5, 5.41) is 0. The number of pyridine rings is 1. The Bertz CT molecular complexity index is 1420. The number of nitrogens with zero attached hydrogens (tertiary/aromatic N) is 6. The number of aromatic nitrogens is 6. The zero-order valence-electron chi connectivity index (χ0n) is 17.7. The van der Waals surface area contributed by atoms with Crippen LogP contribution in [0, 0.1) is 0 Å². The molecule has 0 radical (unpaired) electrons. The number of hydrogen-bond acceptors (Lipinski definition) is 4. The zero-order chi connectivity index (χ0) is 23.0. The third kappa shape index (κ3) is 3.86. The Balaban J connectivity index is 1.57. The number of benzene rings is 1. The number of alkyl halides is 3. The van der Waals surface area contributed by atoms with E-state index in [0.29, 0.717) is 35.8 Å². The Hall–Kier alpha value is -4.01. The van der Waals surface area contributed by atoms with Crippen molar-refractivity contribution >= 4 is 5.65 Å². The van der Waals surface area contributed by atoms with Crippen molar-refractivity contribution in [2.45, 2.75) is 26.1 Å². The van der Waals surface area contributed by atoms with Crippen LogP contribution in [0.3, 0.4) is 0 Å². The van der Waals surface area contributed by atoms with Crippen LogP contribution < -0.4 is 0 Å². The highest BCUT2D eigenvalue weighted by atomic mass is 19.4. The molecular weight excluding hydrogens is 429 g/mol. The minimum absolute atomic E-state index is 0.141. The van der Waals surface area contributed by atoms with Crippen LogP contribution in [0.4, 0.5) is 13.2 Å². The average molecular weight is 448 g/mol. The Morgan fingerprint density at radius 1 is 0.909 bits per heavy atom. The van der Waals surface area contributed by atoms with Crippen LogP contribution in [0.25, 0.3) is 28.4 Å². The van der Waals surface area contributed by atoms with Gasteiger partial charge in [-0.25, -0.2) is 19.9 Å². The molecule has 0 aliphatic heterocycles. The van der Waals surface area contributed by atoms with Gasteiger partial charge in [0.1, 0.15) is 5.65 Å². The van der Waals surface area contributed by atoms with Gasteiger partial charge in [-0.3, -0.25) is 0 Å². The first-order valence-corrected chi connectivity index (χ1v) is 10.4. The van der Waals surface area contributed by atoms with Crippen LogP contribution in [0.1, 0.15) is 23.9 Å². The topological polar surface area (TPSA) is 60.9 Å². The molecule has 1 aromatic carbocycles. The fourth-order valence-corrected chi connectivity index (χ4v) is 4.00. The molecule has 166 valence electrons. The third-order valence-electron chi connectivity index (χ3n) is 5.48. The first-order chi connectivity index (χ1) is 16.0. The van der Waals surface area contributed by atoms with E-state index in [4.69, 9.17) is 4.98 Å². The first kappa shape index (κ1) is 20.9. The van der Waals surface area contributed by atoms with E-state index in [1.807, 2.05) is 22.1 Å². The van der Waals surface area contributed by atoms with E-state index in [1.165, 1.54) is 12.1 Å². The van der Waals surface area contributed by atoms with Gasteiger partial charge in [0.05, 0.1) is 17.8 Å². The van der Waals surface area contributed by atoms with E-state index in [2.05, 4.69) is 15.0 Å². The van der Waals surface area contributed by atoms with E-state index < -0.39 is 11.7 Å². The molecule has 0 fully saturated rings. The predicted molar refractivity (Wildman–Crippen MR) is 117 cm³/mol. The maximum absolute atomic E-state index is 13.5. The molecule has 5 rings (SSSR count). The van der Waals surface area contributed by atoms with Crippen molar-refractivity contribution in [1.82, 2.24) is 28.9 Å². The van der Waals surface area contributed by atoms with Crippen molar-refractivity contribution in [2.24, 2.45) is 0 Å². The maximum Gasteiger partial charge on any atom is 0.417 e. The summed E-state index contributed by atoms with van der Waals surface area (Å²) in [4.78, 5) is 17.7. The number of rotatable bonds is 5. The number of halogens is 3. The molecule has 9 heteroatoms. The van der Waals surface area contributed by atoms with E-state index in [1.54, 1.807) is 49.1 Å². The Morgan fingerprint density at radius 3 is 2.45 bits per heavy atom. The molecule has 0 aliphatic carbocycles. The molecule has 0 aliphatic rings.